The summed E-state index contributed by atoms with van der Waals surface area (Å²) in [7, 11) is 1.67. The van der Waals surface area contributed by atoms with Crippen LogP contribution in [-0.4, -0.2) is 15.6 Å². The van der Waals surface area contributed by atoms with Crippen LogP contribution in [0.3, 0.4) is 0 Å². The van der Waals surface area contributed by atoms with E-state index in [9.17, 15) is 20.4 Å². The van der Waals surface area contributed by atoms with Crippen molar-refractivity contribution in [2.75, 3.05) is 0 Å². The number of hydrogen-bond acceptors (Lipinski definition) is 3. The highest BCUT2D eigenvalue weighted by Gasteiger charge is 2.25. The van der Waals surface area contributed by atoms with Gasteiger partial charge in [-0.25, -0.2) is 4.79 Å². The summed E-state index contributed by atoms with van der Waals surface area (Å²) >= 11 is 0. The number of carbonyl (C=O) groups is 1. The number of benzene rings is 2. The molecule has 1 N–H and O–H groups in total. The Hall–Kier alpha value is -3.83. The largest absolute Gasteiger partial charge is 0.477 e. The molecule has 0 atom stereocenters. The Balaban J connectivity index is 2.18. The lowest BCUT2D eigenvalue weighted by atomic mass is 9.95. The number of carboxylic acids is 1. The van der Waals surface area contributed by atoms with Crippen LogP contribution in [0.5, 0.6) is 0 Å². The van der Waals surface area contributed by atoms with Crippen LogP contribution in [-0.2, 0) is 13.5 Å². The van der Waals surface area contributed by atoms with Crippen LogP contribution in [0.1, 0.15) is 34.2 Å². The van der Waals surface area contributed by atoms with E-state index in [1.165, 1.54) is 0 Å². The molecule has 0 radical (unpaired) electrons. The third-order valence-electron chi connectivity index (χ3n) is 4.70. The zero-order chi connectivity index (χ0) is 19.6. The Kier molecular flexibility index (Phi) is 4.79. The molecule has 5 nitrogen and oxygen atoms in total. The summed E-state index contributed by atoms with van der Waals surface area (Å²) in [4.78, 5) is 11.8. The minimum atomic E-state index is -1.07. The highest BCUT2D eigenvalue weighted by atomic mass is 16.4. The summed E-state index contributed by atoms with van der Waals surface area (Å²) in [5.41, 5.74) is 4.54. The summed E-state index contributed by atoms with van der Waals surface area (Å²) in [5, 5.41) is 28.6. The van der Waals surface area contributed by atoms with Crippen molar-refractivity contribution in [2.24, 2.45) is 7.05 Å². The average Bonchev–Trinajstić information content (AvgIpc) is 2.99. The molecule has 0 saturated carbocycles. The van der Waals surface area contributed by atoms with Crippen LogP contribution in [0.4, 0.5) is 0 Å². The Morgan fingerprint density at radius 1 is 1.04 bits per heavy atom. The van der Waals surface area contributed by atoms with E-state index in [0.717, 1.165) is 11.1 Å². The van der Waals surface area contributed by atoms with Gasteiger partial charge in [0.1, 0.15) is 11.8 Å². The molecule has 0 spiro atoms. The van der Waals surface area contributed by atoms with Gasteiger partial charge < -0.3 is 9.67 Å². The van der Waals surface area contributed by atoms with Crippen LogP contribution in [0.25, 0.3) is 22.3 Å². The molecule has 132 valence electrons. The summed E-state index contributed by atoms with van der Waals surface area (Å²) in [6.45, 7) is 1.90. The lowest BCUT2D eigenvalue weighted by molar-refractivity contribution is 0.0687. The molecule has 0 fully saturated rings. The van der Waals surface area contributed by atoms with Gasteiger partial charge in [0, 0.05) is 18.3 Å². The van der Waals surface area contributed by atoms with Gasteiger partial charge in [-0.2, -0.15) is 10.5 Å². The molecular weight excluding hydrogens is 338 g/mol. The topological polar surface area (TPSA) is 89.8 Å². The van der Waals surface area contributed by atoms with Crippen molar-refractivity contribution in [2.45, 2.75) is 13.3 Å². The first-order valence-electron chi connectivity index (χ1n) is 8.48. The van der Waals surface area contributed by atoms with E-state index < -0.39 is 5.97 Å². The van der Waals surface area contributed by atoms with Gasteiger partial charge >= 0.3 is 5.97 Å². The minimum absolute atomic E-state index is 0.105. The van der Waals surface area contributed by atoms with Gasteiger partial charge in [-0.05, 0) is 29.2 Å². The van der Waals surface area contributed by atoms with Crippen molar-refractivity contribution in [1.82, 2.24) is 4.57 Å². The molecule has 2 aromatic carbocycles. The fraction of sp³-hybridized carbons (Fsp3) is 0.136. The van der Waals surface area contributed by atoms with Crippen molar-refractivity contribution in [3.05, 3.63) is 71.0 Å². The smallest absolute Gasteiger partial charge is 0.353 e. The summed E-state index contributed by atoms with van der Waals surface area (Å²) in [6.07, 6.45) is 0.563. The first-order valence-corrected chi connectivity index (χ1v) is 8.48. The van der Waals surface area contributed by atoms with Crippen LogP contribution in [0, 0.1) is 22.7 Å². The average molecular weight is 355 g/mol. The molecule has 3 aromatic rings. The monoisotopic (exact) mass is 355 g/mol. The molecule has 0 amide bonds. The molecule has 0 saturated heterocycles. The van der Waals surface area contributed by atoms with E-state index >= 15 is 0 Å². The third kappa shape index (κ3) is 2.96. The van der Waals surface area contributed by atoms with Gasteiger partial charge in [0.05, 0.1) is 17.2 Å². The number of aromatic nitrogens is 1. The Morgan fingerprint density at radius 2 is 1.67 bits per heavy atom. The van der Waals surface area contributed by atoms with Crippen LogP contribution in [0.15, 0.2) is 48.5 Å². The van der Waals surface area contributed by atoms with E-state index in [1.54, 1.807) is 29.8 Å². The van der Waals surface area contributed by atoms with Gasteiger partial charge in [-0.15, -0.1) is 0 Å². The molecular formula is C22H17N3O2. The van der Waals surface area contributed by atoms with Crippen LogP contribution >= 0.6 is 0 Å². The SMILES string of the molecule is CCc1c(C#N)c(-c2ccc(-c3ccccc3C#N)cc2)c(C(=O)O)n1C. The predicted molar refractivity (Wildman–Crippen MR) is 102 cm³/mol. The molecule has 0 aliphatic heterocycles. The second kappa shape index (κ2) is 7.19. The number of aromatic carboxylic acids is 1. The highest BCUT2D eigenvalue weighted by molar-refractivity contribution is 5.97. The maximum Gasteiger partial charge on any atom is 0.353 e. The minimum Gasteiger partial charge on any atom is -0.477 e. The fourth-order valence-corrected chi connectivity index (χ4v) is 3.45. The van der Waals surface area contributed by atoms with Gasteiger partial charge in [0.2, 0.25) is 0 Å². The number of rotatable bonds is 4. The van der Waals surface area contributed by atoms with E-state index in [2.05, 4.69) is 12.1 Å². The lowest BCUT2D eigenvalue weighted by Gasteiger charge is -2.07. The molecule has 1 aromatic heterocycles. The second-order valence-electron chi connectivity index (χ2n) is 6.11. The maximum absolute atomic E-state index is 11.8. The zero-order valence-corrected chi connectivity index (χ0v) is 15.0. The molecule has 1 heterocycles. The summed E-state index contributed by atoms with van der Waals surface area (Å²) in [5.74, 6) is -1.07. The Bertz CT molecular complexity index is 1110. The van der Waals surface area contributed by atoms with E-state index in [-0.39, 0.29) is 5.69 Å². The lowest BCUT2D eigenvalue weighted by Crippen LogP contribution is -2.07. The number of nitriles is 2. The molecule has 0 bridgehead atoms. The van der Waals surface area contributed by atoms with Crippen LogP contribution in [0.2, 0.25) is 0 Å². The molecule has 3 rings (SSSR count). The quantitative estimate of drug-likeness (QED) is 0.753. The van der Waals surface area contributed by atoms with Gasteiger partial charge in [0.25, 0.3) is 0 Å². The predicted octanol–water partition coefficient (Wildman–Crippen LogP) is 4.36. The highest BCUT2D eigenvalue weighted by Crippen LogP contribution is 2.34. The van der Waals surface area contributed by atoms with E-state index in [0.29, 0.717) is 34.4 Å². The van der Waals surface area contributed by atoms with Crippen molar-refractivity contribution in [3.63, 3.8) is 0 Å². The van der Waals surface area contributed by atoms with Gasteiger partial charge in [0.15, 0.2) is 0 Å². The second-order valence-corrected chi connectivity index (χ2v) is 6.11. The number of nitrogens with zero attached hydrogens (tertiary/aromatic N) is 3. The summed E-state index contributed by atoms with van der Waals surface area (Å²) in [6, 6.07) is 18.9. The Labute approximate surface area is 157 Å². The zero-order valence-electron chi connectivity index (χ0n) is 15.0. The van der Waals surface area contributed by atoms with Gasteiger partial charge in [-0.3, -0.25) is 0 Å². The normalized spacial score (nSPS) is 10.2. The van der Waals surface area contributed by atoms with Crippen molar-refractivity contribution >= 4 is 5.97 Å². The molecule has 27 heavy (non-hydrogen) atoms. The number of hydrogen-bond donors (Lipinski definition) is 1. The molecule has 0 aliphatic rings. The fourth-order valence-electron chi connectivity index (χ4n) is 3.45. The first kappa shape index (κ1) is 18.0. The molecule has 0 aliphatic carbocycles. The number of carboxylic acid groups (broad SMARTS) is 1. The third-order valence-corrected chi connectivity index (χ3v) is 4.70. The maximum atomic E-state index is 11.8. The molecule has 0 unspecified atom stereocenters. The summed E-state index contributed by atoms with van der Waals surface area (Å²) < 4.78 is 1.58. The standard InChI is InChI=1S/C22H17N3O2/c1-3-19-18(13-24)20(21(22(26)27)25(19)2)15-10-8-14(9-11-15)17-7-5-4-6-16(17)12-23/h4-11H,3H2,1-2H3,(H,26,27). The van der Waals surface area contributed by atoms with Crippen molar-refractivity contribution in [3.8, 4) is 34.4 Å². The molecule has 5 heteroatoms. The van der Waals surface area contributed by atoms with Crippen molar-refractivity contribution < 1.29 is 9.90 Å². The van der Waals surface area contributed by atoms with E-state index in [1.807, 2.05) is 37.3 Å². The van der Waals surface area contributed by atoms with Crippen LogP contribution < -0.4 is 0 Å². The van der Waals surface area contributed by atoms with Crippen molar-refractivity contribution in [1.29, 1.82) is 10.5 Å². The van der Waals surface area contributed by atoms with Gasteiger partial charge in [-0.1, -0.05) is 49.4 Å². The van der Waals surface area contributed by atoms with E-state index in [4.69, 9.17) is 0 Å². The Morgan fingerprint density at radius 3 is 2.22 bits per heavy atom. The first-order chi connectivity index (χ1) is 13.0.